The summed E-state index contributed by atoms with van der Waals surface area (Å²) in [6.07, 6.45) is 2.12. The van der Waals surface area contributed by atoms with Crippen LogP contribution < -0.4 is 0 Å². The van der Waals surface area contributed by atoms with Crippen molar-refractivity contribution in [2.45, 2.75) is 26.4 Å². The van der Waals surface area contributed by atoms with Crippen LogP contribution in [0.4, 0.5) is 0 Å². The number of aliphatic hydroxyl groups excluding tert-OH is 1. The van der Waals surface area contributed by atoms with Crippen molar-refractivity contribution in [2.75, 3.05) is 13.6 Å². The monoisotopic (exact) mass is 196 g/mol. The van der Waals surface area contributed by atoms with Crippen molar-refractivity contribution in [3.05, 3.63) is 24.6 Å². The van der Waals surface area contributed by atoms with Gasteiger partial charge in [-0.2, -0.15) is 0 Å². The first-order valence-electron chi connectivity index (χ1n) is 4.71. The highest BCUT2D eigenvalue weighted by Gasteiger charge is 2.01. The molecule has 1 unspecified atom stereocenters. The fourth-order valence-corrected chi connectivity index (χ4v) is 0.793. The Bertz CT molecular complexity index is 231. The largest absolute Gasteiger partial charge is 0.393 e. The van der Waals surface area contributed by atoms with Gasteiger partial charge in [0.05, 0.1) is 6.10 Å². The molecule has 0 saturated heterocycles. The number of hydrogen-bond donors (Lipinski definition) is 1. The molecular weight excluding hydrogens is 176 g/mol. The number of nitrogens with zero attached hydrogens (tertiary/aromatic N) is 2. The molecule has 0 amide bonds. The zero-order valence-electron chi connectivity index (χ0n) is 9.32. The minimum Gasteiger partial charge on any atom is -0.393 e. The van der Waals surface area contributed by atoms with Gasteiger partial charge in [0, 0.05) is 19.8 Å². The van der Waals surface area contributed by atoms with Crippen LogP contribution in [0.15, 0.2) is 29.5 Å². The summed E-state index contributed by atoms with van der Waals surface area (Å²) in [6, 6.07) is 0. The van der Waals surface area contributed by atoms with Gasteiger partial charge in [0.15, 0.2) is 0 Å². The van der Waals surface area contributed by atoms with Crippen LogP contribution in [-0.2, 0) is 0 Å². The fourth-order valence-electron chi connectivity index (χ4n) is 0.793. The molecule has 14 heavy (non-hydrogen) atoms. The predicted octanol–water partition coefficient (Wildman–Crippen LogP) is 1.81. The van der Waals surface area contributed by atoms with Crippen LogP contribution in [-0.4, -0.2) is 35.9 Å². The summed E-state index contributed by atoms with van der Waals surface area (Å²) in [5.74, 6) is 0.689. The second-order valence-electron chi connectivity index (χ2n) is 3.58. The van der Waals surface area contributed by atoms with E-state index in [1.165, 1.54) is 0 Å². The Morgan fingerprint density at radius 1 is 1.57 bits per heavy atom. The SMILES string of the molecule is C=C(C)/C=N\C(=C)N(C)CCC(C)O. The third-order valence-electron chi connectivity index (χ3n) is 1.76. The van der Waals surface area contributed by atoms with E-state index in [0.717, 1.165) is 18.5 Å². The molecule has 80 valence electrons. The van der Waals surface area contributed by atoms with Gasteiger partial charge < -0.3 is 10.0 Å². The van der Waals surface area contributed by atoms with Crippen molar-refractivity contribution in [2.24, 2.45) is 4.99 Å². The molecule has 0 aliphatic heterocycles. The molecule has 0 aliphatic rings. The third kappa shape index (κ3) is 6.43. The molecule has 0 saturated carbocycles. The molecule has 0 heterocycles. The van der Waals surface area contributed by atoms with Gasteiger partial charge in [-0.05, 0) is 25.8 Å². The number of hydrogen-bond acceptors (Lipinski definition) is 3. The first-order valence-corrected chi connectivity index (χ1v) is 4.71. The molecule has 3 heteroatoms. The van der Waals surface area contributed by atoms with E-state index in [-0.39, 0.29) is 6.10 Å². The van der Waals surface area contributed by atoms with Crippen molar-refractivity contribution in [1.29, 1.82) is 0 Å². The van der Waals surface area contributed by atoms with Crippen LogP contribution in [0.3, 0.4) is 0 Å². The van der Waals surface area contributed by atoms with Crippen LogP contribution in [0.1, 0.15) is 20.3 Å². The van der Waals surface area contributed by atoms with Gasteiger partial charge >= 0.3 is 0 Å². The third-order valence-corrected chi connectivity index (χ3v) is 1.76. The van der Waals surface area contributed by atoms with Crippen LogP contribution in [0.25, 0.3) is 0 Å². The lowest BCUT2D eigenvalue weighted by Gasteiger charge is -2.18. The van der Waals surface area contributed by atoms with Gasteiger partial charge in [-0.1, -0.05) is 13.2 Å². The molecule has 3 nitrogen and oxygen atoms in total. The van der Waals surface area contributed by atoms with Gasteiger partial charge in [0.2, 0.25) is 0 Å². The van der Waals surface area contributed by atoms with E-state index >= 15 is 0 Å². The lowest BCUT2D eigenvalue weighted by molar-refractivity contribution is 0.171. The highest BCUT2D eigenvalue weighted by molar-refractivity contribution is 5.77. The second kappa shape index (κ2) is 6.38. The van der Waals surface area contributed by atoms with Crippen LogP contribution in [0, 0.1) is 0 Å². The maximum Gasteiger partial charge on any atom is 0.120 e. The molecule has 0 radical (unpaired) electrons. The van der Waals surface area contributed by atoms with E-state index in [9.17, 15) is 0 Å². The number of aliphatic imine (C=N–C) groups is 1. The summed E-state index contributed by atoms with van der Waals surface area (Å²) >= 11 is 0. The Morgan fingerprint density at radius 2 is 2.14 bits per heavy atom. The zero-order chi connectivity index (χ0) is 11.1. The number of allylic oxidation sites excluding steroid dienone is 1. The Labute approximate surface area is 86.5 Å². The Morgan fingerprint density at radius 3 is 2.57 bits per heavy atom. The van der Waals surface area contributed by atoms with Crippen molar-refractivity contribution < 1.29 is 5.11 Å². The highest BCUT2D eigenvalue weighted by atomic mass is 16.3. The quantitative estimate of drug-likeness (QED) is 0.658. The summed E-state index contributed by atoms with van der Waals surface area (Å²) in [4.78, 5) is 6.04. The average molecular weight is 196 g/mol. The molecular formula is C11H20N2O. The van der Waals surface area contributed by atoms with Crippen LogP contribution in [0.2, 0.25) is 0 Å². The van der Waals surface area contributed by atoms with E-state index in [2.05, 4.69) is 18.2 Å². The minimum atomic E-state index is -0.282. The first kappa shape index (κ1) is 12.9. The van der Waals surface area contributed by atoms with Crippen molar-refractivity contribution in [1.82, 2.24) is 4.90 Å². The maximum absolute atomic E-state index is 9.09. The minimum absolute atomic E-state index is 0.282. The summed E-state index contributed by atoms with van der Waals surface area (Å²) < 4.78 is 0. The molecule has 1 N–H and O–H groups in total. The van der Waals surface area contributed by atoms with Crippen LogP contribution in [0.5, 0.6) is 0 Å². The topological polar surface area (TPSA) is 35.8 Å². The lowest BCUT2D eigenvalue weighted by Crippen LogP contribution is -2.20. The zero-order valence-corrected chi connectivity index (χ0v) is 9.32. The molecule has 0 aromatic heterocycles. The van der Waals surface area contributed by atoms with E-state index in [0.29, 0.717) is 5.82 Å². The molecule has 0 aromatic rings. The molecule has 0 fully saturated rings. The number of rotatable bonds is 6. The van der Waals surface area contributed by atoms with Gasteiger partial charge in [0.25, 0.3) is 0 Å². The molecule has 0 aliphatic carbocycles. The maximum atomic E-state index is 9.09. The first-order chi connectivity index (χ1) is 6.43. The molecule has 1 atom stereocenters. The lowest BCUT2D eigenvalue weighted by atomic mass is 10.3. The van der Waals surface area contributed by atoms with Crippen molar-refractivity contribution in [3.8, 4) is 0 Å². The fraction of sp³-hybridized carbons (Fsp3) is 0.545. The second-order valence-corrected chi connectivity index (χ2v) is 3.58. The van der Waals surface area contributed by atoms with E-state index in [1.807, 2.05) is 18.9 Å². The van der Waals surface area contributed by atoms with Crippen LogP contribution >= 0.6 is 0 Å². The normalized spacial score (nSPS) is 12.9. The summed E-state index contributed by atoms with van der Waals surface area (Å²) in [5.41, 5.74) is 0.898. The molecule has 0 spiro atoms. The van der Waals surface area contributed by atoms with Gasteiger partial charge in [-0.3, -0.25) is 0 Å². The summed E-state index contributed by atoms with van der Waals surface area (Å²) in [6.45, 7) is 11.9. The molecule has 0 rings (SSSR count). The predicted molar refractivity (Wildman–Crippen MR) is 61.4 cm³/mol. The molecule has 0 bridgehead atoms. The Kier molecular flexibility index (Phi) is 5.88. The van der Waals surface area contributed by atoms with Crippen molar-refractivity contribution in [3.63, 3.8) is 0 Å². The van der Waals surface area contributed by atoms with Crippen molar-refractivity contribution >= 4 is 6.21 Å². The Hall–Kier alpha value is -1.09. The summed E-state index contributed by atoms with van der Waals surface area (Å²) in [5, 5.41) is 9.09. The highest BCUT2D eigenvalue weighted by Crippen LogP contribution is 2.02. The van der Waals surface area contributed by atoms with Gasteiger partial charge in [0.1, 0.15) is 5.82 Å². The average Bonchev–Trinajstić information content (AvgIpc) is 2.09. The van der Waals surface area contributed by atoms with E-state index < -0.39 is 0 Å². The van der Waals surface area contributed by atoms with E-state index in [1.54, 1.807) is 13.1 Å². The van der Waals surface area contributed by atoms with Gasteiger partial charge in [-0.25, -0.2) is 4.99 Å². The standard InChI is InChI=1S/C11H20N2O/c1-9(2)8-12-11(4)13(5)7-6-10(3)14/h8,10,14H,1,4,6-7H2,2-3,5H3/b12-8-. The molecule has 0 aromatic carbocycles. The smallest absolute Gasteiger partial charge is 0.120 e. The van der Waals surface area contributed by atoms with Gasteiger partial charge in [-0.15, -0.1) is 0 Å². The Balaban J connectivity index is 3.93. The summed E-state index contributed by atoms with van der Waals surface area (Å²) in [7, 11) is 1.90. The number of aliphatic hydroxyl groups is 1. The van der Waals surface area contributed by atoms with E-state index in [4.69, 9.17) is 5.11 Å².